The predicted octanol–water partition coefficient (Wildman–Crippen LogP) is 5.40. The zero-order chi connectivity index (χ0) is 30.0. The van der Waals surface area contributed by atoms with Gasteiger partial charge >= 0.3 is 0 Å². The standard InChI is InChI=1S/C31H27F3N6O2/c1-18-7-8-19(30(42)36-21-11-9-20(32)10-12-21)17-23(18)27-22-13-14-26(41)40(28-24(33)5-4-6-25(28)34)29(22)38-31(37-27)35-15-16-39(2)3/h4-14,17H,15-16H2,1-3H3,(H,36,42)(H,35,37,38). The molecule has 42 heavy (non-hydrogen) atoms. The van der Waals surface area contributed by atoms with Crippen molar-refractivity contribution in [1.82, 2.24) is 19.4 Å². The minimum Gasteiger partial charge on any atom is -0.353 e. The van der Waals surface area contributed by atoms with Gasteiger partial charge in [0.25, 0.3) is 11.5 Å². The van der Waals surface area contributed by atoms with Gasteiger partial charge in [0, 0.05) is 41.4 Å². The number of hydrogen-bond acceptors (Lipinski definition) is 6. The van der Waals surface area contributed by atoms with Gasteiger partial charge in [0.2, 0.25) is 5.95 Å². The quantitative estimate of drug-likeness (QED) is 0.259. The number of nitrogens with zero attached hydrogens (tertiary/aromatic N) is 4. The molecule has 0 aliphatic heterocycles. The minimum atomic E-state index is -0.928. The van der Waals surface area contributed by atoms with Gasteiger partial charge in [0.1, 0.15) is 23.1 Å². The molecule has 0 saturated carbocycles. The van der Waals surface area contributed by atoms with Crippen LogP contribution in [0.2, 0.25) is 0 Å². The topological polar surface area (TPSA) is 92.2 Å². The molecule has 0 radical (unpaired) electrons. The third-order valence-electron chi connectivity index (χ3n) is 6.61. The Hall–Kier alpha value is -5.03. The lowest BCUT2D eigenvalue weighted by Gasteiger charge is -2.17. The number of para-hydroxylation sites is 1. The smallest absolute Gasteiger partial charge is 0.256 e. The Labute approximate surface area is 239 Å². The number of carbonyl (C=O) groups excluding carboxylic acids is 1. The van der Waals surface area contributed by atoms with Crippen LogP contribution in [0.4, 0.5) is 24.8 Å². The summed E-state index contributed by atoms with van der Waals surface area (Å²) in [6.45, 7) is 2.91. The number of amides is 1. The van der Waals surface area contributed by atoms with Crippen LogP contribution >= 0.6 is 0 Å². The van der Waals surface area contributed by atoms with E-state index in [4.69, 9.17) is 4.98 Å². The van der Waals surface area contributed by atoms with Crippen LogP contribution in [0, 0.1) is 24.4 Å². The van der Waals surface area contributed by atoms with E-state index >= 15 is 0 Å². The molecule has 0 bridgehead atoms. The fourth-order valence-electron chi connectivity index (χ4n) is 4.46. The molecule has 2 N–H and O–H groups in total. The summed E-state index contributed by atoms with van der Waals surface area (Å²) in [7, 11) is 3.80. The van der Waals surface area contributed by atoms with Crippen LogP contribution in [-0.4, -0.2) is 52.5 Å². The molecule has 3 aromatic carbocycles. The van der Waals surface area contributed by atoms with Gasteiger partial charge in [0.15, 0.2) is 5.65 Å². The number of hydrogen-bond donors (Lipinski definition) is 2. The number of pyridine rings is 1. The molecular formula is C31H27F3N6O2. The number of anilines is 2. The number of halogens is 3. The van der Waals surface area contributed by atoms with E-state index in [0.717, 1.165) is 22.3 Å². The van der Waals surface area contributed by atoms with Gasteiger partial charge < -0.3 is 15.5 Å². The van der Waals surface area contributed by atoms with Crippen LogP contribution in [0.25, 0.3) is 28.0 Å². The van der Waals surface area contributed by atoms with Gasteiger partial charge in [-0.25, -0.2) is 18.2 Å². The molecule has 11 heteroatoms. The summed E-state index contributed by atoms with van der Waals surface area (Å²) in [6.07, 6.45) is 0. The molecule has 0 saturated heterocycles. The Morgan fingerprint density at radius 3 is 2.33 bits per heavy atom. The van der Waals surface area contributed by atoms with Crippen LogP contribution in [0.3, 0.4) is 0 Å². The maximum atomic E-state index is 14.9. The van der Waals surface area contributed by atoms with E-state index in [2.05, 4.69) is 15.6 Å². The van der Waals surface area contributed by atoms with Crippen molar-refractivity contribution in [1.29, 1.82) is 0 Å². The molecule has 0 spiro atoms. The van der Waals surface area contributed by atoms with Crippen molar-refractivity contribution in [3.05, 3.63) is 112 Å². The monoisotopic (exact) mass is 572 g/mol. The molecule has 0 atom stereocenters. The molecule has 2 heterocycles. The molecule has 8 nitrogen and oxygen atoms in total. The highest BCUT2D eigenvalue weighted by Crippen LogP contribution is 2.32. The third-order valence-corrected chi connectivity index (χ3v) is 6.61. The van der Waals surface area contributed by atoms with Crippen LogP contribution in [0.5, 0.6) is 0 Å². The van der Waals surface area contributed by atoms with Crippen molar-refractivity contribution in [2.75, 3.05) is 37.8 Å². The Kier molecular flexibility index (Phi) is 8.03. The van der Waals surface area contributed by atoms with E-state index in [-0.39, 0.29) is 11.6 Å². The number of rotatable bonds is 8. The third kappa shape index (κ3) is 5.86. The highest BCUT2D eigenvalue weighted by molar-refractivity contribution is 6.05. The number of benzene rings is 3. The number of nitrogens with one attached hydrogen (secondary N) is 2. The number of likely N-dealkylation sites (N-methyl/N-ethyl adjacent to an activating group) is 1. The first-order valence-corrected chi connectivity index (χ1v) is 13.1. The zero-order valence-corrected chi connectivity index (χ0v) is 23.1. The van der Waals surface area contributed by atoms with Crippen molar-refractivity contribution < 1.29 is 18.0 Å². The van der Waals surface area contributed by atoms with E-state index in [1.165, 1.54) is 42.5 Å². The average molecular weight is 573 g/mol. The van der Waals surface area contributed by atoms with Crippen LogP contribution in [0.15, 0.2) is 77.6 Å². The summed E-state index contributed by atoms with van der Waals surface area (Å²) in [5, 5.41) is 6.20. The Morgan fingerprint density at radius 2 is 1.64 bits per heavy atom. The largest absolute Gasteiger partial charge is 0.353 e. The van der Waals surface area contributed by atoms with E-state index < -0.39 is 34.6 Å². The van der Waals surface area contributed by atoms with E-state index in [1.54, 1.807) is 18.2 Å². The minimum absolute atomic E-state index is 0.00980. The second kappa shape index (κ2) is 11.8. The first kappa shape index (κ1) is 28.5. The Balaban J connectivity index is 1.69. The molecule has 5 rings (SSSR count). The van der Waals surface area contributed by atoms with Gasteiger partial charge in [-0.05, 0) is 81.2 Å². The Morgan fingerprint density at radius 1 is 0.929 bits per heavy atom. The molecule has 1 amide bonds. The normalized spacial score (nSPS) is 11.2. The van der Waals surface area contributed by atoms with E-state index in [0.29, 0.717) is 41.0 Å². The zero-order valence-electron chi connectivity index (χ0n) is 23.1. The van der Waals surface area contributed by atoms with Crippen LogP contribution in [-0.2, 0) is 0 Å². The summed E-state index contributed by atoms with van der Waals surface area (Å²) < 4.78 is 44.1. The molecule has 2 aromatic heterocycles. The van der Waals surface area contributed by atoms with Crippen molar-refractivity contribution in [2.24, 2.45) is 0 Å². The highest BCUT2D eigenvalue weighted by Gasteiger charge is 2.21. The number of fused-ring (bicyclic) bond motifs is 1. The summed E-state index contributed by atoms with van der Waals surface area (Å²) >= 11 is 0. The lowest BCUT2D eigenvalue weighted by Crippen LogP contribution is -2.23. The summed E-state index contributed by atoms with van der Waals surface area (Å²) in [5.41, 5.74) is 1.12. The second-order valence-electron chi connectivity index (χ2n) is 9.93. The first-order chi connectivity index (χ1) is 20.1. The lowest BCUT2D eigenvalue weighted by atomic mass is 9.99. The predicted molar refractivity (Wildman–Crippen MR) is 157 cm³/mol. The molecule has 214 valence electrons. The number of aryl methyl sites for hydroxylation is 1. The van der Waals surface area contributed by atoms with Crippen LogP contribution < -0.4 is 16.2 Å². The molecule has 0 aliphatic carbocycles. The van der Waals surface area contributed by atoms with Crippen molar-refractivity contribution >= 4 is 28.6 Å². The lowest BCUT2D eigenvalue weighted by molar-refractivity contribution is 0.102. The first-order valence-electron chi connectivity index (χ1n) is 13.1. The summed E-state index contributed by atoms with van der Waals surface area (Å²) in [4.78, 5) is 37.3. The Bertz CT molecular complexity index is 1840. The molecule has 0 fully saturated rings. The van der Waals surface area contributed by atoms with Crippen molar-refractivity contribution in [3.8, 4) is 16.9 Å². The fraction of sp³-hybridized carbons (Fsp3) is 0.161. The van der Waals surface area contributed by atoms with E-state index in [1.807, 2.05) is 25.9 Å². The molecular weight excluding hydrogens is 545 g/mol. The van der Waals surface area contributed by atoms with Gasteiger partial charge in [-0.15, -0.1) is 0 Å². The average Bonchev–Trinajstić information content (AvgIpc) is 2.95. The van der Waals surface area contributed by atoms with Crippen LogP contribution in [0.1, 0.15) is 15.9 Å². The molecule has 0 unspecified atom stereocenters. The fourth-order valence-corrected chi connectivity index (χ4v) is 4.46. The van der Waals surface area contributed by atoms with E-state index in [9.17, 15) is 22.8 Å². The molecule has 0 aliphatic rings. The van der Waals surface area contributed by atoms with Crippen molar-refractivity contribution in [2.45, 2.75) is 6.92 Å². The molecule has 5 aromatic rings. The van der Waals surface area contributed by atoms with Gasteiger partial charge in [-0.2, -0.15) is 4.98 Å². The van der Waals surface area contributed by atoms with Gasteiger partial charge in [-0.3, -0.25) is 14.2 Å². The van der Waals surface area contributed by atoms with Gasteiger partial charge in [0.05, 0.1) is 5.69 Å². The maximum Gasteiger partial charge on any atom is 0.256 e. The second-order valence-corrected chi connectivity index (χ2v) is 9.93. The number of carbonyl (C=O) groups is 1. The summed E-state index contributed by atoms with van der Waals surface area (Å²) in [6, 6.07) is 16.4. The van der Waals surface area contributed by atoms with Crippen molar-refractivity contribution in [3.63, 3.8) is 0 Å². The number of aromatic nitrogens is 3. The van der Waals surface area contributed by atoms with Gasteiger partial charge in [-0.1, -0.05) is 12.1 Å². The summed E-state index contributed by atoms with van der Waals surface area (Å²) in [5.74, 6) is -2.58. The SMILES string of the molecule is Cc1ccc(C(=O)Nc2ccc(F)cc2)cc1-c1nc(NCCN(C)C)nc2c1ccc(=O)n2-c1c(F)cccc1F. The highest BCUT2D eigenvalue weighted by atomic mass is 19.1. The maximum absolute atomic E-state index is 14.9.